The molecule has 1 heterocycles. The average molecular weight is 303 g/mol. The van der Waals surface area contributed by atoms with Gasteiger partial charge in [-0.25, -0.2) is 0 Å². The molecular weight excluding hydrogens is 286 g/mol. The summed E-state index contributed by atoms with van der Waals surface area (Å²) < 4.78 is 6.07. The largest absolute Gasteiger partial charge is 0.489 e. The number of hydrogen-bond donors (Lipinski definition) is 1. The normalized spacial score (nSPS) is 13.5. The van der Waals surface area contributed by atoms with Crippen molar-refractivity contribution >= 4 is 16.7 Å². The van der Waals surface area contributed by atoms with Gasteiger partial charge in [0.1, 0.15) is 12.4 Å². The fourth-order valence-corrected chi connectivity index (χ4v) is 3.14. The van der Waals surface area contributed by atoms with Crippen LogP contribution in [-0.2, 0) is 13.0 Å². The number of fused-ring (bicyclic) bond motifs is 2. The molecule has 1 aliphatic rings. The van der Waals surface area contributed by atoms with Crippen molar-refractivity contribution in [3.63, 3.8) is 0 Å². The highest BCUT2D eigenvalue weighted by Gasteiger charge is 2.19. The van der Waals surface area contributed by atoms with Gasteiger partial charge in [-0.2, -0.15) is 0 Å². The first kappa shape index (κ1) is 13.8. The van der Waals surface area contributed by atoms with Gasteiger partial charge in [0.15, 0.2) is 0 Å². The summed E-state index contributed by atoms with van der Waals surface area (Å²) in [6.07, 6.45) is 0.812. The second-order valence-corrected chi connectivity index (χ2v) is 5.72. The Balaban J connectivity index is 1.64. The summed E-state index contributed by atoms with van der Waals surface area (Å²) in [6.45, 7) is 1.17. The lowest BCUT2D eigenvalue weighted by Crippen LogP contribution is -2.32. The van der Waals surface area contributed by atoms with E-state index in [0.717, 1.165) is 28.9 Å². The van der Waals surface area contributed by atoms with Crippen molar-refractivity contribution < 1.29 is 9.53 Å². The molecule has 1 amide bonds. The van der Waals surface area contributed by atoms with Crippen LogP contribution in [-0.4, -0.2) is 12.5 Å². The number of carbonyl (C=O) groups is 1. The van der Waals surface area contributed by atoms with E-state index in [9.17, 15) is 4.79 Å². The van der Waals surface area contributed by atoms with Gasteiger partial charge in [-0.15, -0.1) is 0 Å². The lowest BCUT2D eigenvalue weighted by atomic mass is 9.99. The molecule has 0 aliphatic carbocycles. The molecule has 0 saturated carbocycles. The van der Waals surface area contributed by atoms with Gasteiger partial charge >= 0.3 is 0 Å². The Morgan fingerprint density at radius 1 is 0.957 bits per heavy atom. The van der Waals surface area contributed by atoms with Gasteiger partial charge in [-0.3, -0.25) is 4.79 Å². The summed E-state index contributed by atoms with van der Waals surface area (Å²) in [5.74, 6) is 0.798. The third kappa shape index (κ3) is 2.55. The van der Waals surface area contributed by atoms with E-state index in [2.05, 4.69) is 35.6 Å². The van der Waals surface area contributed by atoms with E-state index in [-0.39, 0.29) is 5.91 Å². The van der Waals surface area contributed by atoms with Crippen LogP contribution in [0.25, 0.3) is 10.8 Å². The molecule has 1 aliphatic heterocycles. The molecule has 0 atom stereocenters. The molecule has 3 nitrogen and oxygen atoms in total. The molecule has 0 fully saturated rings. The van der Waals surface area contributed by atoms with Gasteiger partial charge in [0.2, 0.25) is 0 Å². The quantitative estimate of drug-likeness (QED) is 0.801. The molecule has 4 rings (SSSR count). The number of hydrogen-bond acceptors (Lipinski definition) is 2. The molecule has 0 radical (unpaired) electrons. The maximum atomic E-state index is 11.9. The Morgan fingerprint density at radius 3 is 2.74 bits per heavy atom. The monoisotopic (exact) mass is 303 g/mol. The zero-order valence-electron chi connectivity index (χ0n) is 12.7. The van der Waals surface area contributed by atoms with Crippen molar-refractivity contribution in [3.05, 3.63) is 77.4 Å². The number of nitrogens with one attached hydrogen (secondary N) is 1. The summed E-state index contributed by atoms with van der Waals surface area (Å²) in [7, 11) is 0. The molecule has 0 bridgehead atoms. The first-order chi connectivity index (χ1) is 11.3. The second-order valence-electron chi connectivity index (χ2n) is 5.72. The predicted molar refractivity (Wildman–Crippen MR) is 90.8 cm³/mol. The third-order valence-corrected chi connectivity index (χ3v) is 4.30. The molecule has 3 heteroatoms. The molecule has 3 aromatic carbocycles. The van der Waals surface area contributed by atoms with Crippen LogP contribution in [0.1, 0.15) is 21.5 Å². The molecule has 23 heavy (non-hydrogen) atoms. The lowest BCUT2D eigenvalue weighted by Gasteiger charge is -2.20. The van der Waals surface area contributed by atoms with Crippen LogP contribution >= 0.6 is 0 Å². The van der Waals surface area contributed by atoms with Gasteiger partial charge in [-0.05, 0) is 34.9 Å². The third-order valence-electron chi connectivity index (χ3n) is 4.30. The number of benzene rings is 3. The fourth-order valence-electron chi connectivity index (χ4n) is 3.14. The van der Waals surface area contributed by atoms with Crippen LogP contribution in [0.15, 0.2) is 60.7 Å². The summed E-state index contributed by atoms with van der Waals surface area (Å²) in [5, 5.41) is 5.29. The van der Waals surface area contributed by atoms with E-state index in [1.165, 1.54) is 10.8 Å². The zero-order chi connectivity index (χ0) is 15.6. The summed E-state index contributed by atoms with van der Waals surface area (Å²) in [6, 6.07) is 20.2. The molecule has 0 unspecified atom stereocenters. The highest BCUT2D eigenvalue weighted by atomic mass is 16.5. The number of carbonyl (C=O) groups excluding carboxylic acids is 1. The zero-order valence-corrected chi connectivity index (χ0v) is 12.7. The highest BCUT2D eigenvalue weighted by Crippen LogP contribution is 2.27. The number of ether oxygens (including phenoxy) is 1. The van der Waals surface area contributed by atoms with Gasteiger partial charge in [0, 0.05) is 17.7 Å². The van der Waals surface area contributed by atoms with Crippen molar-refractivity contribution in [2.45, 2.75) is 13.0 Å². The van der Waals surface area contributed by atoms with E-state index in [0.29, 0.717) is 13.2 Å². The Hall–Kier alpha value is -2.81. The minimum absolute atomic E-state index is 0.0122. The molecule has 114 valence electrons. The Kier molecular flexibility index (Phi) is 3.46. The minimum Gasteiger partial charge on any atom is -0.489 e. The van der Waals surface area contributed by atoms with Crippen LogP contribution in [0.2, 0.25) is 0 Å². The predicted octanol–water partition coefficient (Wildman–Crippen LogP) is 3.70. The van der Waals surface area contributed by atoms with E-state index >= 15 is 0 Å². The van der Waals surface area contributed by atoms with Crippen molar-refractivity contribution in [2.75, 3.05) is 6.54 Å². The maximum Gasteiger partial charge on any atom is 0.251 e. The van der Waals surface area contributed by atoms with E-state index in [1.54, 1.807) is 0 Å². The average Bonchev–Trinajstić information content (AvgIpc) is 2.60. The van der Waals surface area contributed by atoms with Gasteiger partial charge in [0.25, 0.3) is 5.91 Å². The van der Waals surface area contributed by atoms with Crippen LogP contribution in [0.3, 0.4) is 0 Å². The Labute approximate surface area is 134 Å². The van der Waals surface area contributed by atoms with Gasteiger partial charge in [0.05, 0.1) is 0 Å². The first-order valence-electron chi connectivity index (χ1n) is 7.82. The molecule has 0 aromatic heterocycles. The van der Waals surface area contributed by atoms with E-state index in [1.807, 2.05) is 30.3 Å². The second kappa shape index (κ2) is 5.76. The highest BCUT2D eigenvalue weighted by molar-refractivity contribution is 5.97. The standard InChI is InChI=1S/C20H17NO2/c22-20-18-9-4-10-19(17(18)11-12-21-20)23-13-15-7-3-6-14-5-1-2-8-16(14)15/h1-10H,11-13H2,(H,21,22). The van der Waals surface area contributed by atoms with Crippen molar-refractivity contribution in [3.8, 4) is 5.75 Å². The smallest absolute Gasteiger partial charge is 0.251 e. The van der Waals surface area contributed by atoms with Crippen molar-refractivity contribution in [1.82, 2.24) is 5.32 Å². The lowest BCUT2D eigenvalue weighted by molar-refractivity contribution is 0.0945. The first-order valence-corrected chi connectivity index (χ1v) is 7.82. The van der Waals surface area contributed by atoms with Gasteiger partial charge in [-0.1, -0.05) is 48.5 Å². The fraction of sp³-hybridized carbons (Fsp3) is 0.150. The number of amides is 1. The van der Waals surface area contributed by atoms with Crippen LogP contribution in [0, 0.1) is 0 Å². The minimum atomic E-state index is -0.0122. The van der Waals surface area contributed by atoms with E-state index in [4.69, 9.17) is 4.74 Å². The van der Waals surface area contributed by atoms with Crippen LogP contribution in [0.4, 0.5) is 0 Å². The van der Waals surface area contributed by atoms with Gasteiger partial charge < -0.3 is 10.1 Å². The van der Waals surface area contributed by atoms with Crippen molar-refractivity contribution in [2.24, 2.45) is 0 Å². The van der Waals surface area contributed by atoms with Crippen molar-refractivity contribution in [1.29, 1.82) is 0 Å². The number of rotatable bonds is 3. The SMILES string of the molecule is O=C1NCCc2c(OCc3cccc4ccccc34)cccc21. The molecule has 0 spiro atoms. The Bertz CT molecular complexity index is 880. The molecule has 1 N–H and O–H groups in total. The van der Waals surface area contributed by atoms with E-state index < -0.39 is 0 Å². The molecule has 3 aromatic rings. The van der Waals surface area contributed by atoms with Crippen LogP contribution < -0.4 is 10.1 Å². The maximum absolute atomic E-state index is 11.9. The summed E-state index contributed by atoms with van der Waals surface area (Å²) in [4.78, 5) is 11.9. The summed E-state index contributed by atoms with van der Waals surface area (Å²) >= 11 is 0. The van der Waals surface area contributed by atoms with Crippen LogP contribution in [0.5, 0.6) is 5.75 Å². The topological polar surface area (TPSA) is 38.3 Å². The summed E-state index contributed by atoms with van der Waals surface area (Å²) in [5.41, 5.74) is 2.89. The molecule has 0 saturated heterocycles. The Morgan fingerprint density at radius 2 is 1.78 bits per heavy atom. The molecular formula is C20H17NO2.